The number of amidine groups is 1. The van der Waals surface area contributed by atoms with Crippen LogP contribution in [0.3, 0.4) is 0 Å². The molecule has 0 fully saturated rings. The molecule has 19 heavy (non-hydrogen) atoms. The lowest BCUT2D eigenvalue weighted by Gasteiger charge is -2.05. The second-order valence-electron chi connectivity index (χ2n) is 3.71. The van der Waals surface area contributed by atoms with Crippen LogP contribution in [0.4, 0.5) is 5.69 Å². The molecule has 0 aliphatic rings. The zero-order valence-corrected chi connectivity index (χ0v) is 10.6. The van der Waals surface area contributed by atoms with Crippen molar-refractivity contribution in [2.75, 3.05) is 0 Å². The number of benzene rings is 2. The van der Waals surface area contributed by atoms with Crippen LogP contribution in [-0.4, -0.2) is 11.0 Å². The molecule has 0 saturated carbocycles. The molecule has 2 rings (SSSR count). The van der Waals surface area contributed by atoms with E-state index >= 15 is 0 Å². The Balaban J connectivity index is 2.47. The summed E-state index contributed by atoms with van der Waals surface area (Å²) in [6.07, 6.45) is 0. The first-order valence-electron chi connectivity index (χ1n) is 5.48. The lowest BCUT2D eigenvalue weighted by Crippen LogP contribution is -2.19. The van der Waals surface area contributed by atoms with Gasteiger partial charge in [0.2, 0.25) is 0 Å². The summed E-state index contributed by atoms with van der Waals surface area (Å²) in [5.74, 6) is 0.263. The van der Waals surface area contributed by atoms with E-state index in [4.69, 9.17) is 22.1 Å². The molecule has 0 atom stereocenters. The summed E-state index contributed by atoms with van der Waals surface area (Å²) in [7, 11) is 0. The highest BCUT2D eigenvalue weighted by atomic mass is 35.5. The number of hydroxylamine groups is 1. The first-order valence-corrected chi connectivity index (χ1v) is 5.86. The van der Waals surface area contributed by atoms with Gasteiger partial charge in [-0.15, -0.1) is 0 Å². The van der Waals surface area contributed by atoms with Crippen molar-refractivity contribution < 1.29 is 5.21 Å². The molecule has 0 unspecified atom stereocenters. The molecule has 0 saturated heterocycles. The smallest absolute Gasteiger partial charge is 0.157 e. The Hall–Kier alpha value is -2.35. The van der Waals surface area contributed by atoms with Gasteiger partial charge in [-0.2, -0.15) is 5.26 Å². The largest absolute Gasteiger partial charge is 0.290 e. The van der Waals surface area contributed by atoms with Gasteiger partial charge in [-0.1, -0.05) is 41.9 Å². The molecular weight excluding hydrogens is 262 g/mol. The van der Waals surface area contributed by atoms with E-state index in [2.05, 4.69) is 4.99 Å². The Labute approximate surface area is 115 Å². The van der Waals surface area contributed by atoms with Crippen molar-refractivity contribution in [1.82, 2.24) is 5.48 Å². The highest BCUT2D eigenvalue weighted by molar-refractivity contribution is 6.30. The highest BCUT2D eigenvalue weighted by Gasteiger charge is 2.06. The SMILES string of the molecule is N#Cc1cc(Cl)ccc1N=C(NO)c1ccccc1. The number of halogens is 1. The minimum absolute atomic E-state index is 0.263. The Morgan fingerprint density at radius 1 is 1.21 bits per heavy atom. The zero-order chi connectivity index (χ0) is 13.7. The number of rotatable bonds is 2. The lowest BCUT2D eigenvalue weighted by atomic mass is 10.2. The first-order chi connectivity index (χ1) is 9.24. The van der Waals surface area contributed by atoms with Crippen LogP contribution in [0.25, 0.3) is 0 Å². The Kier molecular flexibility index (Phi) is 4.14. The molecule has 0 aromatic heterocycles. The second-order valence-corrected chi connectivity index (χ2v) is 4.15. The van der Waals surface area contributed by atoms with E-state index in [0.29, 0.717) is 21.8 Å². The van der Waals surface area contributed by atoms with E-state index < -0.39 is 0 Å². The fourth-order valence-electron chi connectivity index (χ4n) is 1.57. The minimum atomic E-state index is 0.263. The number of hydrogen-bond acceptors (Lipinski definition) is 3. The van der Waals surface area contributed by atoms with Crippen molar-refractivity contribution in [3.8, 4) is 6.07 Å². The molecule has 2 N–H and O–H groups in total. The highest BCUT2D eigenvalue weighted by Crippen LogP contribution is 2.23. The molecule has 0 amide bonds. The average molecular weight is 272 g/mol. The molecule has 0 radical (unpaired) electrons. The third-order valence-electron chi connectivity index (χ3n) is 2.46. The topological polar surface area (TPSA) is 68.4 Å². The zero-order valence-electron chi connectivity index (χ0n) is 9.84. The van der Waals surface area contributed by atoms with Gasteiger partial charge in [0.1, 0.15) is 6.07 Å². The van der Waals surface area contributed by atoms with E-state index in [1.54, 1.807) is 24.3 Å². The first kappa shape index (κ1) is 13.1. The number of nitrogens with one attached hydrogen (secondary N) is 1. The third kappa shape index (κ3) is 3.10. The summed E-state index contributed by atoms with van der Waals surface area (Å²) in [5, 5.41) is 18.7. The molecule has 4 nitrogen and oxygen atoms in total. The molecule has 2 aromatic carbocycles. The molecule has 0 aliphatic heterocycles. The maximum atomic E-state index is 9.17. The molecule has 0 aliphatic carbocycles. The van der Waals surface area contributed by atoms with Gasteiger partial charge in [0, 0.05) is 10.6 Å². The standard InChI is InChI=1S/C14H10ClN3O/c15-12-6-7-13(11(8-12)9-16)17-14(18-19)10-4-2-1-3-5-10/h1-8,19H,(H,17,18). The van der Waals surface area contributed by atoms with Crippen molar-refractivity contribution in [2.24, 2.45) is 4.99 Å². The van der Waals surface area contributed by atoms with Crippen LogP contribution in [-0.2, 0) is 0 Å². The summed E-state index contributed by atoms with van der Waals surface area (Å²) in [4.78, 5) is 4.23. The Morgan fingerprint density at radius 2 is 1.95 bits per heavy atom. The number of nitriles is 1. The maximum Gasteiger partial charge on any atom is 0.157 e. The molecule has 94 valence electrons. The van der Waals surface area contributed by atoms with Crippen LogP contribution in [0.2, 0.25) is 5.02 Å². The van der Waals surface area contributed by atoms with Crippen molar-refractivity contribution in [3.05, 3.63) is 64.7 Å². The summed E-state index contributed by atoms with van der Waals surface area (Å²) < 4.78 is 0. The summed E-state index contributed by atoms with van der Waals surface area (Å²) in [6.45, 7) is 0. The van der Waals surface area contributed by atoms with E-state index in [9.17, 15) is 0 Å². The molecular formula is C14H10ClN3O. The van der Waals surface area contributed by atoms with Crippen LogP contribution >= 0.6 is 11.6 Å². The maximum absolute atomic E-state index is 9.17. The van der Waals surface area contributed by atoms with E-state index in [-0.39, 0.29) is 5.84 Å². The van der Waals surface area contributed by atoms with E-state index in [1.165, 1.54) is 6.07 Å². The van der Waals surface area contributed by atoms with Gasteiger partial charge < -0.3 is 0 Å². The van der Waals surface area contributed by atoms with Gasteiger partial charge in [0.25, 0.3) is 0 Å². The van der Waals surface area contributed by atoms with Gasteiger partial charge in [0.15, 0.2) is 5.84 Å². The van der Waals surface area contributed by atoms with Crippen molar-refractivity contribution >= 4 is 23.1 Å². The van der Waals surface area contributed by atoms with Crippen LogP contribution in [0.15, 0.2) is 53.5 Å². The number of nitrogens with zero attached hydrogens (tertiary/aromatic N) is 2. The number of hydrogen-bond donors (Lipinski definition) is 2. The average Bonchev–Trinajstić information content (AvgIpc) is 2.46. The van der Waals surface area contributed by atoms with Crippen LogP contribution in [0, 0.1) is 11.3 Å². The van der Waals surface area contributed by atoms with E-state index in [0.717, 1.165) is 0 Å². The molecule has 5 heteroatoms. The quantitative estimate of drug-likeness (QED) is 0.500. The van der Waals surface area contributed by atoms with Gasteiger partial charge in [-0.05, 0) is 18.2 Å². The monoisotopic (exact) mass is 271 g/mol. The normalized spacial score (nSPS) is 10.9. The molecule has 0 bridgehead atoms. The molecule has 2 aromatic rings. The second kappa shape index (κ2) is 6.01. The molecule has 0 spiro atoms. The fraction of sp³-hybridized carbons (Fsp3) is 0. The van der Waals surface area contributed by atoms with Gasteiger partial charge in [0.05, 0.1) is 11.3 Å². The van der Waals surface area contributed by atoms with Gasteiger partial charge in [-0.25, -0.2) is 4.99 Å². The number of aliphatic imine (C=N–C) groups is 1. The van der Waals surface area contributed by atoms with Crippen molar-refractivity contribution in [3.63, 3.8) is 0 Å². The van der Waals surface area contributed by atoms with Gasteiger partial charge >= 0.3 is 0 Å². The third-order valence-corrected chi connectivity index (χ3v) is 2.70. The van der Waals surface area contributed by atoms with Crippen molar-refractivity contribution in [2.45, 2.75) is 0 Å². The van der Waals surface area contributed by atoms with Gasteiger partial charge in [-0.3, -0.25) is 10.7 Å². The predicted molar refractivity (Wildman–Crippen MR) is 73.7 cm³/mol. The van der Waals surface area contributed by atoms with Crippen molar-refractivity contribution in [1.29, 1.82) is 5.26 Å². The fourth-order valence-corrected chi connectivity index (χ4v) is 1.74. The Morgan fingerprint density at radius 3 is 2.58 bits per heavy atom. The summed E-state index contributed by atoms with van der Waals surface area (Å²) in [6, 6.07) is 15.9. The Bertz CT molecular complexity index is 647. The molecule has 0 heterocycles. The summed E-state index contributed by atoms with van der Waals surface area (Å²) in [5.41, 5.74) is 3.53. The van der Waals surface area contributed by atoms with E-state index in [1.807, 2.05) is 29.7 Å². The van der Waals surface area contributed by atoms with Crippen LogP contribution < -0.4 is 5.48 Å². The minimum Gasteiger partial charge on any atom is -0.290 e. The van der Waals surface area contributed by atoms with Crippen LogP contribution in [0.5, 0.6) is 0 Å². The van der Waals surface area contributed by atoms with Crippen LogP contribution in [0.1, 0.15) is 11.1 Å². The lowest BCUT2D eigenvalue weighted by molar-refractivity contribution is 0.235. The summed E-state index contributed by atoms with van der Waals surface area (Å²) >= 11 is 5.82. The predicted octanol–water partition coefficient (Wildman–Crippen LogP) is 3.27.